The number of hydrogen-bond donors (Lipinski definition) is 1. The van der Waals surface area contributed by atoms with Crippen molar-refractivity contribution in [3.05, 3.63) is 65.7 Å². The summed E-state index contributed by atoms with van der Waals surface area (Å²) in [6.07, 6.45) is 3.47. The van der Waals surface area contributed by atoms with E-state index in [0.29, 0.717) is 0 Å². The molecular weight excluding hydrogens is 222 g/mol. The highest BCUT2D eigenvalue weighted by Gasteiger charge is 1.88. The molecule has 0 aromatic heterocycles. The zero-order valence-electron chi connectivity index (χ0n) is 10.2. The van der Waals surface area contributed by atoms with Crippen molar-refractivity contribution in [1.29, 1.82) is 0 Å². The molecule has 3 heteroatoms. The molecule has 0 saturated heterocycles. The molecule has 0 unspecified atom stereocenters. The van der Waals surface area contributed by atoms with Crippen LogP contribution in [0, 0.1) is 0 Å². The molecule has 0 spiro atoms. The second-order valence-corrected chi connectivity index (χ2v) is 3.77. The Morgan fingerprint density at radius 1 is 0.778 bits per heavy atom. The molecular formula is C15H15N3. The van der Waals surface area contributed by atoms with Gasteiger partial charge in [0.25, 0.3) is 0 Å². The highest BCUT2D eigenvalue weighted by molar-refractivity contribution is 5.82. The lowest BCUT2D eigenvalue weighted by Crippen LogP contribution is -1.87. The van der Waals surface area contributed by atoms with Gasteiger partial charge in [-0.2, -0.15) is 10.2 Å². The van der Waals surface area contributed by atoms with Gasteiger partial charge in [0.15, 0.2) is 0 Å². The molecule has 0 fully saturated rings. The number of benzene rings is 2. The summed E-state index contributed by atoms with van der Waals surface area (Å²) in [6, 6.07) is 17.9. The zero-order chi connectivity index (χ0) is 12.6. The Hall–Kier alpha value is -2.42. The van der Waals surface area contributed by atoms with Crippen LogP contribution in [0.15, 0.2) is 64.8 Å². The van der Waals surface area contributed by atoms with E-state index in [1.54, 1.807) is 12.4 Å². The fourth-order valence-electron chi connectivity index (χ4n) is 1.47. The van der Waals surface area contributed by atoms with E-state index in [4.69, 9.17) is 0 Å². The van der Waals surface area contributed by atoms with Gasteiger partial charge in [-0.3, -0.25) is 0 Å². The predicted molar refractivity (Wildman–Crippen MR) is 77.6 cm³/mol. The number of anilines is 1. The predicted octanol–water partition coefficient (Wildman–Crippen LogP) is 3.18. The van der Waals surface area contributed by atoms with E-state index in [1.807, 2.05) is 61.6 Å². The maximum Gasteiger partial charge on any atom is 0.0568 e. The summed E-state index contributed by atoms with van der Waals surface area (Å²) in [4.78, 5) is 0. The zero-order valence-corrected chi connectivity index (χ0v) is 10.2. The second-order valence-electron chi connectivity index (χ2n) is 3.77. The number of rotatable bonds is 4. The fourth-order valence-corrected chi connectivity index (χ4v) is 1.47. The lowest BCUT2D eigenvalue weighted by atomic mass is 10.2. The standard InChI is InChI=1S/C15H15N3/c1-16-15-9-7-14(8-10-15)12-18-17-11-13-5-3-2-4-6-13/h2-12,16H,1H3/b17-11+,18-12+. The van der Waals surface area contributed by atoms with Crippen LogP contribution in [0.3, 0.4) is 0 Å². The molecule has 1 N–H and O–H groups in total. The van der Waals surface area contributed by atoms with Crippen LogP contribution in [0.5, 0.6) is 0 Å². The van der Waals surface area contributed by atoms with E-state index >= 15 is 0 Å². The van der Waals surface area contributed by atoms with Crippen LogP contribution in [0.4, 0.5) is 5.69 Å². The summed E-state index contributed by atoms with van der Waals surface area (Å²) in [6.45, 7) is 0. The van der Waals surface area contributed by atoms with E-state index < -0.39 is 0 Å². The minimum Gasteiger partial charge on any atom is -0.388 e. The van der Waals surface area contributed by atoms with Crippen molar-refractivity contribution in [2.24, 2.45) is 10.2 Å². The molecule has 0 atom stereocenters. The molecule has 0 radical (unpaired) electrons. The fraction of sp³-hybridized carbons (Fsp3) is 0.0667. The third-order valence-electron chi connectivity index (χ3n) is 2.48. The maximum atomic E-state index is 4.02. The molecule has 0 heterocycles. The quantitative estimate of drug-likeness (QED) is 0.643. The Labute approximate surface area is 107 Å². The van der Waals surface area contributed by atoms with Gasteiger partial charge in [0, 0.05) is 12.7 Å². The van der Waals surface area contributed by atoms with E-state index in [-0.39, 0.29) is 0 Å². The van der Waals surface area contributed by atoms with Crippen molar-refractivity contribution in [3.63, 3.8) is 0 Å². The van der Waals surface area contributed by atoms with E-state index in [0.717, 1.165) is 16.8 Å². The minimum atomic E-state index is 1.03. The van der Waals surface area contributed by atoms with Gasteiger partial charge in [0.2, 0.25) is 0 Å². The minimum absolute atomic E-state index is 1.03. The summed E-state index contributed by atoms with van der Waals surface area (Å²) >= 11 is 0. The molecule has 3 nitrogen and oxygen atoms in total. The van der Waals surface area contributed by atoms with Crippen LogP contribution in [-0.2, 0) is 0 Å². The van der Waals surface area contributed by atoms with Crippen molar-refractivity contribution >= 4 is 18.1 Å². The van der Waals surface area contributed by atoms with Gasteiger partial charge in [-0.05, 0) is 23.3 Å². The van der Waals surface area contributed by atoms with Crippen LogP contribution >= 0.6 is 0 Å². The van der Waals surface area contributed by atoms with Gasteiger partial charge in [-0.1, -0.05) is 42.5 Å². The molecule has 2 aromatic carbocycles. The van der Waals surface area contributed by atoms with Crippen LogP contribution in [-0.4, -0.2) is 19.5 Å². The third-order valence-corrected chi connectivity index (χ3v) is 2.48. The number of nitrogens with one attached hydrogen (secondary N) is 1. The first-order valence-corrected chi connectivity index (χ1v) is 5.78. The van der Waals surface area contributed by atoms with Gasteiger partial charge >= 0.3 is 0 Å². The molecule has 18 heavy (non-hydrogen) atoms. The highest BCUT2D eigenvalue weighted by atomic mass is 15.2. The molecule has 90 valence electrons. The molecule has 2 aromatic rings. The summed E-state index contributed by atoms with van der Waals surface area (Å²) in [5, 5.41) is 11.1. The van der Waals surface area contributed by atoms with Crippen LogP contribution in [0.25, 0.3) is 0 Å². The first-order valence-electron chi connectivity index (χ1n) is 5.78. The van der Waals surface area contributed by atoms with E-state index in [1.165, 1.54) is 0 Å². The average Bonchev–Trinajstić information content (AvgIpc) is 2.45. The largest absolute Gasteiger partial charge is 0.388 e. The molecule has 0 aliphatic carbocycles. The van der Waals surface area contributed by atoms with Gasteiger partial charge in [-0.15, -0.1) is 0 Å². The smallest absolute Gasteiger partial charge is 0.0568 e. The van der Waals surface area contributed by atoms with Crippen LogP contribution < -0.4 is 5.32 Å². The summed E-state index contributed by atoms with van der Waals surface area (Å²) in [5.41, 5.74) is 3.15. The average molecular weight is 237 g/mol. The second kappa shape index (κ2) is 6.35. The Kier molecular flexibility index (Phi) is 4.25. The Morgan fingerprint density at radius 2 is 1.33 bits per heavy atom. The number of hydrogen-bond acceptors (Lipinski definition) is 3. The highest BCUT2D eigenvalue weighted by Crippen LogP contribution is 2.06. The SMILES string of the molecule is CNc1ccc(/C=N/N=C/c2ccccc2)cc1. The van der Waals surface area contributed by atoms with Gasteiger partial charge in [-0.25, -0.2) is 0 Å². The molecule has 0 amide bonds. The van der Waals surface area contributed by atoms with E-state index in [2.05, 4.69) is 15.5 Å². The molecule has 0 bridgehead atoms. The number of nitrogens with zero attached hydrogens (tertiary/aromatic N) is 2. The monoisotopic (exact) mass is 237 g/mol. The van der Waals surface area contributed by atoms with Crippen molar-refractivity contribution < 1.29 is 0 Å². The maximum absolute atomic E-state index is 4.02. The van der Waals surface area contributed by atoms with E-state index in [9.17, 15) is 0 Å². The summed E-state index contributed by atoms with van der Waals surface area (Å²) in [7, 11) is 1.90. The summed E-state index contributed by atoms with van der Waals surface area (Å²) in [5.74, 6) is 0. The third kappa shape index (κ3) is 3.56. The molecule has 2 rings (SSSR count). The molecule has 0 aliphatic heterocycles. The molecule has 0 aliphatic rings. The molecule has 0 saturated carbocycles. The normalized spacial score (nSPS) is 11.2. The lowest BCUT2D eigenvalue weighted by Gasteiger charge is -1.98. The van der Waals surface area contributed by atoms with Crippen LogP contribution in [0.2, 0.25) is 0 Å². The first-order chi connectivity index (χ1) is 8.88. The lowest BCUT2D eigenvalue weighted by molar-refractivity contribution is 1.26. The van der Waals surface area contributed by atoms with Gasteiger partial charge in [0.05, 0.1) is 12.4 Å². The van der Waals surface area contributed by atoms with Crippen molar-refractivity contribution in [3.8, 4) is 0 Å². The Bertz CT molecular complexity index is 527. The topological polar surface area (TPSA) is 36.8 Å². The van der Waals surface area contributed by atoms with Gasteiger partial charge in [0.1, 0.15) is 0 Å². The van der Waals surface area contributed by atoms with Crippen LogP contribution in [0.1, 0.15) is 11.1 Å². The first kappa shape index (κ1) is 12.0. The van der Waals surface area contributed by atoms with Crippen molar-refractivity contribution in [1.82, 2.24) is 0 Å². The Morgan fingerprint density at radius 3 is 1.89 bits per heavy atom. The van der Waals surface area contributed by atoms with Gasteiger partial charge < -0.3 is 5.32 Å². The van der Waals surface area contributed by atoms with Crippen molar-refractivity contribution in [2.45, 2.75) is 0 Å². The summed E-state index contributed by atoms with van der Waals surface area (Å²) < 4.78 is 0. The Balaban J connectivity index is 1.96. The van der Waals surface area contributed by atoms with Crippen molar-refractivity contribution in [2.75, 3.05) is 12.4 Å².